The molecule has 24 heavy (non-hydrogen) atoms. The standard InChI is InChI=1S/C18H22N4O2/c1-24-16-6-4-5-15(12-16)21-18(23)20-13-14-7-8-19-17(11-14)22-9-2-3-10-22/h4-8,11-12H,2-3,9-10,13H2,1H3,(H2,20,21,23). The zero-order valence-corrected chi connectivity index (χ0v) is 13.8. The first-order chi connectivity index (χ1) is 11.7. The highest BCUT2D eigenvalue weighted by Gasteiger charge is 2.13. The number of carbonyl (C=O) groups is 1. The van der Waals surface area contributed by atoms with Gasteiger partial charge in [-0.3, -0.25) is 0 Å². The lowest BCUT2D eigenvalue weighted by Gasteiger charge is -2.17. The Kier molecular flexibility index (Phi) is 5.15. The Hall–Kier alpha value is -2.76. The van der Waals surface area contributed by atoms with Crippen LogP contribution in [0.15, 0.2) is 42.6 Å². The van der Waals surface area contributed by atoms with Gasteiger partial charge in [0.05, 0.1) is 7.11 Å². The van der Waals surface area contributed by atoms with Gasteiger partial charge in [0.25, 0.3) is 0 Å². The van der Waals surface area contributed by atoms with Crippen LogP contribution in [0, 0.1) is 0 Å². The average molecular weight is 326 g/mol. The fourth-order valence-electron chi connectivity index (χ4n) is 2.75. The van der Waals surface area contributed by atoms with Gasteiger partial charge in [0.15, 0.2) is 0 Å². The van der Waals surface area contributed by atoms with E-state index in [1.807, 2.05) is 30.3 Å². The number of urea groups is 1. The molecule has 0 spiro atoms. The SMILES string of the molecule is COc1cccc(NC(=O)NCc2ccnc(N3CCCC3)c2)c1. The summed E-state index contributed by atoms with van der Waals surface area (Å²) in [5, 5.41) is 5.67. The molecule has 6 nitrogen and oxygen atoms in total. The van der Waals surface area contributed by atoms with Crippen LogP contribution in [0.3, 0.4) is 0 Å². The zero-order chi connectivity index (χ0) is 16.8. The summed E-state index contributed by atoms with van der Waals surface area (Å²) < 4.78 is 5.14. The van der Waals surface area contributed by atoms with E-state index in [4.69, 9.17) is 4.74 Å². The van der Waals surface area contributed by atoms with E-state index in [1.165, 1.54) is 12.8 Å². The Morgan fingerprint density at radius 2 is 2.08 bits per heavy atom. The molecule has 126 valence electrons. The summed E-state index contributed by atoms with van der Waals surface area (Å²) in [4.78, 5) is 18.7. The van der Waals surface area contributed by atoms with Crippen molar-refractivity contribution in [2.75, 3.05) is 30.4 Å². The lowest BCUT2D eigenvalue weighted by atomic mass is 10.2. The molecule has 6 heteroatoms. The first-order valence-electron chi connectivity index (χ1n) is 8.13. The summed E-state index contributed by atoms with van der Waals surface area (Å²) >= 11 is 0. The maximum absolute atomic E-state index is 12.0. The summed E-state index contributed by atoms with van der Waals surface area (Å²) in [5.74, 6) is 1.69. The van der Waals surface area contributed by atoms with E-state index < -0.39 is 0 Å². The number of amides is 2. The molecule has 0 aliphatic carbocycles. The number of pyridine rings is 1. The topological polar surface area (TPSA) is 66.5 Å². The van der Waals surface area contributed by atoms with Gasteiger partial charge in [-0.2, -0.15) is 0 Å². The molecular weight excluding hydrogens is 304 g/mol. The van der Waals surface area contributed by atoms with Crippen molar-refractivity contribution in [2.24, 2.45) is 0 Å². The number of anilines is 2. The first kappa shape index (κ1) is 16.1. The lowest BCUT2D eigenvalue weighted by molar-refractivity contribution is 0.251. The van der Waals surface area contributed by atoms with E-state index in [-0.39, 0.29) is 6.03 Å². The quantitative estimate of drug-likeness (QED) is 0.886. The molecule has 1 saturated heterocycles. The smallest absolute Gasteiger partial charge is 0.319 e. The molecule has 3 rings (SSSR count). The summed E-state index contributed by atoms with van der Waals surface area (Å²) in [6.07, 6.45) is 4.23. The van der Waals surface area contributed by atoms with Crippen LogP contribution >= 0.6 is 0 Å². The van der Waals surface area contributed by atoms with Crippen LogP contribution in [0.5, 0.6) is 5.75 Å². The highest BCUT2D eigenvalue weighted by Crippen LogP contribution is 2.19. The number of hydrogen-bond donors (Lipinski definition) is 2. The van der Waals surface area contributed by atoms with Gasteiger partial charge in [-0.15, -0.1) is 0 Å². The molecule has 1 aromatic carbocycles. The van der Waals surface area contributed by atoms with Crippen molar-refractivity contribution in [1.29, 1.82) is 0 Å². The maximum Gasteiger partial charge on any atom is 0.319 e. The Balaban J connectivity index is 1.55. The summed E-state index contributed by atoms with van der Waals surface area (Å²) in [5.41, 5.74) is 1.73. The molecule has 0 atom stereocenters. The number of rotatable bonds is 5. The van der Waals surface area contributed by atoms with E-state index in [0.29, 0.717) is 18.0 Å². The molecule has 2 heterocycles. The molecule has 0 unspecified atom stereocenters. The Bertz CT molecular complexity index is 699. The van der Waals surface area contributed by atoms with Gasteiger partial charge in [0.2, 0.25) is 0 Å². The number of carbonyl (C=O) groups excluding carboxylic acids is 1. The van der Waals surface area contributed by atoms with E-state index >= 15 is 0 Å². The second-order valence-corrected chi connectivity index (χ2v) is 5.76. The summed E-state index contributed by atoms with van der Waals surface area (Å²) in [6, 6.07) is 11.0. The third-order valence-corrected chi connectivity index (χ3v) is 4.02. The lowest BCUT2D eigenvalue weighted by Crippen LogP contribution is -2.28. The van der Waals surface area contributed by atoms with Crippen molar-refractivity contribution in [3.05, 3.63) is 48.2 Å². The van der Waals surface area contributed by atoms with Crippen molar-refractivity contribution in [3.8, 4) is 5.75 Å². The largest absolute Gasteiger partial charge is 0.497 e. The van der Waals surface area contributed by atoms with Crippen molar-refractivity contribution in [2.45, 2.75) is 19.4 Å². The van der Waals surface area contributed by atoms with Crippen LogP contribution in [0.1, 0.15) is 18.4 Å². The molecule has 1 aliphatic heterocycles. The molecule has 0 bridgehead atoms. The predicted octanol–water partition coefficient (Wildman–Crippen LogP) is 3.01. The number of benzene rings is 1. The van der Waals surface area contributed by atoms with Gasteiger partial charge in [-0.05, 0) is 42.7 Å². The third kappa shape index (κ3) is 4.16. The molecule has 0 saturated carbocycles. The highest BCUT2D eigenvalue weighted by atomic mass is 16.5. The Morgan fingerprint density at radius 3 is 2.88 bits per heavy atom. The van der Waals surface area contributed by atoms with Crippen molar-refractivity contribution in [1.82, 2.24) is 10.3 Å². The number of nitrogens with zero attached hydrogens (tertiary/aromatic N) is 2. The van der Waals surface area contributed by atoms with Gasteiger partial charge in [-0.25, -0.2) is 9.78 Å². The molecule has 1 fully saturated rings. The highest BCUT2D eigenvalue weighted by molar-refractivity contribution is 5.89. The van der Waals surface area contributed by atoms with Gasteiger partial charge in [0.1, 0.15) is 11.6 Å². The predicted molar refractivity (Wildman–Crippen MR) is 94.5 cm³/mol. The summed E-state index contributed by atoms with van der Waals surface area (Å²) in [7, 11) is 1.60. The molecule has 1 aromatic heterocycles. The molecule has 1 aliphatic rings. The molecule has 0 radical (unpaired) electrons. The molecule has 2 N–H and O–H groups in total. The molecular formula is C18H22N4O2. The van der Waals surface area contributed by atoms with E-state index in [2.05, 4.69) is 20.5 Å². The normalized spacial score (nSPS) is 13.6. The van der Waals surface area contributed by atoms with E-state index in [1.54, 1.807) is 19.4 Å². The maximum atomic E-state index is 12.0. The second-order valence-electron chi connectivity index (χ2n) is 5.76. The van der Waals surface area contributed by atoms with E-state index in [0.717, 1.165) is 24.5 Å². The minimum Gasteiger partial charge on any atom is -0.497 e. The van der Waals surface area contributed by atoms with Crippen molar-refractivity contribution >= 4 is 17.5 Å². The Morgan fingerprint density at radius 1 is 1.25 bits per heavy atom. The first-order valence-corrected chi connectivity index (χ1v) is 8.13. The monoisotopic (exact) mass is 326 g/mol. The number of aromatic nitrogens is 1. The average Bonchev–Trinajstić information content (AvgIpc) is 3.15. The van der Waals surface area contributed by atoms with Gasteiger partial charge < -0.3 is 20.3 Å². The van der Waals surface area contributed by atoms with Crippen LogP contribution in [-0.2, 0) is 6.54 Å². The van der Waals surface area contributed by atoms with Crippen LogP contribution in [0.4, 0.5) is 16.3 Å². The zero-order valence-electron chi connectivity index (χ0n) is 13.8. The minimum absolute atomic E-state index is 0.247. The van der Waals surface area contributed by atoms with Crippen LogP contribution in [0.25, 0.3) is 0 Å². The number of methoxy groups -OCH3 is 1. The van der Waals surface area contributed by atoms with E-state index in [9.17, 15) is 4.79 Å². The summed E-state index contributed by atoms with van der Waals surface area (Å²) in [6.45, 7) is 2.57. The van der Waals surface area contributed by atoms with Crippen LogP contribution in [-0.4, -0.2) is 31.2 Å². The Labute approximate surface area is 141 Å². The fraction of sp³-hybridized carbons (Fsp3) is 0.333. The van der Waals surface area contributed by atoms with Gasteiger partial charge in [-0.1, -0.05) is 6.07 Å². The van der Waals surface area contributed by atoms with Crippen molar-refractivity contribution in [3.63, 3.8) is 0 Å². The number of nitrogens with one attached hydrogen (secondary N) is 2. The number of hydrogen-bond acceptors (Lipinski definition) is 4. The minimum atomic E-state index is -0.247. The fourth-order valence-corrected chi connectivity index (χ4v) is 2.75. The van der Waals surface area contributed by atoms with Gasteiger partial charge in [0, 0.05) is 37.6 Å². The second kappa shape index (κ2) is 7.68. The van der Waals surface area contributed by atoms with Crippen molar-refractivity contribution < 1.29 is 9.53 Å². The molecule has 2 amide bonds. The van der Waals surface area contributed by atoms with Crippen LogP contribution in [0.2, 0.25) is 0 Å². The van der Waals surface area contributed by atoms with Crippen LogP contribution < -0.4 is 20.3 Å². The van der Waals surface area contributed by atoms with Gasteiger partial charge >= 0.3 is 6.03 Å². The number of ether oxygens (including phenoxy) is 1. The molecule has 2 aromatic rings. The third-order valence-electron chi connectivity index (χ3n) is 4.02.